The summed E-state index contributed by atoms with van der Waals surface area (Å²) in [6.45, 7) is 1.09. The molecule has 1 aliphatic heterocycles. The number of aliphatic hydroxyl groups is 1. The minimum Gasteiger partial charge on any atom is -0.465 e. The predicted molar refractivity (Wildman–Crippen MR) is 45.6 cm³/mol. The van der Waals surface area contributed by atoms with E-state index >= 15 is 0 Å². The topological polar surface area (TPSA) is 72.8 Å². The third-order valence-electron chi connectivity index (χ3n) is 2.97. The van der Waals surface area contributed by atoms with Gasteiger partial charge in [0.15, 0.2) is 0 Å². The average molecular weight is 186 g/mol. The lowest BCUT2D eigenvalue weighted by Crippen LogP contribution is -2.60. The Hall–Kier alpha value is -0.810. The highest BCUT2D eigenvalue weighted by Gasteiger charge is 2.52. The molecule has 13 heavy (non-hydrogen) atoms. The summed E-state index contributed by atoms with van der Waals surface area (Å²) in [4.78, 5) is 12.4. The van der Waals surface area contributed by atoms with E-state index in [1.165, 1.54) is 4.90 Å². The largest absolute Gasteiger partial charge is 0.465 e. The molecule has 74 valence electrons. The SMILES string of the molecule is O=C(O)N1CC(CO)NCC12CC2. The molecular weight excluding hydrogens is 172 g/mol. The molecular formula is C8H14N2O3. The lowest BCUT2D eigenvalue weighted by Gasteiger charge is -2.38. The molecule has 1 aliphatic carbocycles. The van der Waals surface area contributed by atoms with Crippen molar-refractivity contribution in [1.82, 2.24) is 10.2 Å². The summed E-state index contributed by atoms with van der Waals surface area (Å²) in [5.41, 5.74) is -0.141. The van der Waals surface area contributed by atoms with Gasteiger partial charge in [-0.1, -0.05) is 0 Å². The summed E-state index contributed by atoms with van der Waals surface area (Å²) in [6, 6.07) is -0.0951. The number of hydrogen-bond acceptors (Lipinski definition) is 3. The van der Waals surface area contributed by atoms with Crippen LogP contribution in [0.5, 0.6) is 0 Å². The van der Waals surface area contributed by atoms with Gasteiger partial charge in [-0.05, 0) is 12.8 Å². The first kappa shape index (κ1) is 8.77. The number of nitrogens with zero attached hydrogens (tertiary/aromatic N) is 1. The Balaban J connectivity index is 2.06. The van der Waals surface area contributed by atoms with E-state index in [9.17, 15) is 4.79 Å². The number of carbonyl (C=O) groups is 1. The van der Waals surface area contributed by atoms with Crippen LogP contribution in [0.4, 0.5) is 4.79 Å². The monoisotopic (exact) mass is 186 g/mol. The number of carboxylic acid groups (broad SMARTS) is 1. The number of piperazine rings is 1. The summed E-state index contributed by atoms with van der Waals surface area (Å²) in [5.74, 6) is 0. The first-order valence-electron chi connectivity index (χ1n) is 4.53. The molecule has 2 fully saturated rings. The summed E-state index contributed by atoms with van der Waals surface area (Å²) < 4.78 is 0. The minimum absolute atomic E-state index is 0.000139. The molecule has 5 heteroatoms. The Morgan fingerprint density at radius 3 is 2.77 bits per heavy atom. The Labute approximate surface area is 76.3 Å². The van der Waals surface area contributed by atoms with Crippen molar-refractivity contribution in [3.8, 4) is 0 Å². The van der Waals surface area contributed by atoms with Crippen molar-refractivity contribution in [2.45, 2.75) is 24.4 Å². The molecule has 2 rings (SSSR count). The summed E-state index contributed by atoms with van der Waals surface area (Å²) in [6.07, 6.45) is 1.03. The number of hydrogen-bond donors (Lipinski definition) is 3. The first-order valence-corrected chi connectivity index (χ1v) is 4.53. The average Bonchev–Trinajstić information content (AvgIpc) is 2.86. The molecule has 1 saturated carbocycles. The molecule has 3 N–H and O–H groups in total. The summed E-state index contributed by atoms with van der Waals surface area (Å²) in [7, 11) is 0. The van der Waals surface area contributed by atoms with Gasteiger partial charge < -0.3 is 15.5 Å². The van der Waals surface area contributed by atoms with Crippen LogP contribution in [0.1, 0.15) is 12.8 Å². The summed E-state index contributed by atoms with van der Waals surface area (Å²) in [5, 5.41) is 21.0. The smallest absolute Gasteiger partial charge is 0.407 e. The number of rotatable bonds is 1. The molecule has 0 aromatic rings. The van der Waals surface area contributed by atoms with E-state index in [4.69, 9.17) is 10.2 Å². The van der Waals surface area contributed by atoms with E-state index in [0.29, 0.717) is 13.1 Å². The fourth-order valence-electron chi connectivity index (χ4n) is 1.90. The maximum absolute atomic E-state index is 10.9. The van der Waals surface area contributed by atoms with Crippen LogP contribution in [0.3, 0.4) is 0 Å². The number of nitrogens with one attached hydrogen (secondary N) is 1. The van der Waals surface area contributed by atoms with Crippen LogP contribution in [-0.4, -0.2) is 52.5 Å². The second-order valence-electron chi connectivity index (χ2n) is 3.88. The molecule has 5 nitrogen and oxygen atoms in total. The zero-order chi connectivity index (χ0) is 9.47. The van der Waals surface area contributed by atoms with Crippen LogP contribution in [0.2, 0.25) is 0 Å². The second kappa shape index (κ2) is 2.85. The van der Waals surface area contributed by atoms with Crippen LogP contribution < -0.4 is 5.32 Å². The lowest BCUT2D eigenvalue weighted by molar-refractivity contribution is 0.0760. The van der Waals surface area contributed by atoms with E-state index in [0.717, 1.165) is 12.8 Å². The van der Waals surface area contributed by atoms with Crippen molar-refractivity contribution in [1.29, 1.82) is 0 Å². The molecule has 1 heterocycles. The molecule has 1 saturated heterocycles. The van der Waals surface area contributed by atoms with Crippen LogP contribution in [0.25, 0.3) is 0 Å². The number of aliphatic hydroxyl groups excluding tert-OH is 1. The van der Waals surface area contributed by atoms with Crippen LogP contribution in [0.15, 0.2) is 0 Å². The van der Waals surface area contributed by atoms with Gasteiger partial charge in [-0.3, -0.25) is 4.90 Å². The number of amides is 1. The minimum atomic E-state index is -0.863. The Morgan fingerprint density at radius 1 is 1.62 bits per heavy atom. The van der Waals surface area contributed by atoms with Crippen LogP contribution in [-0.2, 0) is 0 Å². The van der Waals surface area contributed by atoms with E-state index in [-0.39, 0.29) is 18.2 Å². The molecule has 0 aromatic carbocycles. The van der Waals surface area contributed by atoms with Gasteiger partial charge in [0.1, 0.15) is 0 Å². The first-order chi connectivity index (χ1) is 6.18. The maximum atomic E-state index is 10.9. The van der Waals surface area contributed by atoms with Crippen molar-refractivity contribution < 1.29 is 15.0 Å². The fraction of sp³-hybridized carbons (Fsp3) is 0.875. The van der Waals surface area contributed by atoms with Crippen LogP contribution >= 0.6 is 0 Å². The highest BCUT2D eigenvalue weighted by molar-refractivity contribution is 5.67. The molecule has 0 radical (unpaired) electrons. The molecule has 0 aromatic heterocycles. The van der Waals surface area contributed by atoms with Gasteiger partial charge in [-0.2, -0.15) is 0 Å². The molecule has 0 bridgehead atoms. The Kier molecular flexibility index (Phi) is 1.92. The van der Waals surface area contributed by atoms with Gasteiger partial charge in [0.25, 0.3) is 0 Å². The zero-order valence-electron chi connectivity index (χ0n) is 7.36. The van der Waals surface area contributed by atoms with Crippen LogP contribution in [0, 0.1) is 0 Å². The molecule has 1 unspecified atom stereocenters. The van der Waals surface area contributed by atoms with E-state index in [2.05, 4.69) is 5.32 Å². The Bertz CT molecular complexity index is 227. The Morgan fingerprint density at radius 2 is 2.31 bits per heavy atom. The van der Waals surface area contributed by atoms with Crippen molar-refractivity contribution >= 4 is 6.09 Å². The van der Waals surface area contributed by atoms with Gasteiger partial charge in [0.2, 0.25) is 0 Å². The van der Waals surface area contributed by atoms with E-state index < -0.39 is 6.09 Å². The van der Waals surface area contributed by atoms with Gasteiger partial charge in [-0.15, -0.1) is 0 Å². The molecule has 1 spiro atoms. The van der Waals surface area contributed by atoms with Gasteiger partial charge >= 0.3 is 6.09 Å². The van der Waals surface area contributed by atoms with Gasteiger partial charge in [0, 0.05) is 19.1 Å². The van der Waals surface area contributed by atoms with E-state index in [1.54, 1.807) is 0 Å². The highest BCUT2D eigenvalue weighted by Crippen LogP contribution is 2.42. The highest BCUT2D eigenvalue weighted by atomic mass is 16.4. The molecule has 1 atom stereocenters. The van der Waals surface area contributed by atoms with E-state index in [1.807, 2.05) is 0 Å². The molecule has 1 amide bonds. The van der Waals surface area contributed by atoms with Crippen molar-refractivity contribution in [3.05, 3.63) is 0 Å². The third kappa shape index (κ3) is 1.38. The van der Waals surface area contributed by atoms with Crippen molar-refractivity contribution in [2.24, 2.45) is 0 Å². The fourth-order valence-corrected chi connectivity index (χ4v) is 1.90. The third-order valence-corrected chi connectivity index (χ3v) is 2.97. The van der Waals surface area contributed by atoms with Crippen molar-refractivity contribution in [2.75, 3.05) is 19.7 Å². The van der Waals surface area contributed by atoms with Gasteiger partial charge in [0.05, 0.1) is 12.1 Å². The predicted octanol–water partition coefficient (Wildman–Crippen LogP) is -0.537. The second-order valence-corrected chi connectivity index (χ2v) is 3.88. The normalized spacial score (nSPS) is 30.5. The standard InChI is InChI=1S/C8H14N2O3/c11-4-6-3-10(7(12)13)8(1-2-8)5-9-6/h6,9,11H,1-5H2,(H,12,13). The summed E-state index contributed by atoms with van der Waals surface area (Å²) >= 11 is 0. The maximum Gasteiger partial charge on any atom is 0.407 e. The quantitative estimate of drug-likeness (QED) is 0.514. The zero-order valence-corrected chi connectivity index (χ0v) is 7.36. The molecule has 2 aliphatic rings. The van der Waals surface area contributed by atoms with Gasteiger partial charge in [-0.25, -0.2) is 4.79 Å². The van der Waals surface area contributed by atoms with Crippen molar-refractivity contribution in [3.63, 3.8) is 0 Å². The lowest BCUT2D eigenvalue weighted by atomic mass is 10.1.